The van der Waals surface area contributed by atoms with Crippen LogP contribution in [0.5, 0.6) is 0 Å². The highest BCUT2D eigenvalue weighted by molar-refractivity contribution is 6.04. The molecular formula is C18H16FN3O. The number of nitrogens with zero attached hydrogens (tertiary/aromatic N) is 2. The molecule has 4 nitrogen and oxygen atoms in total. The van der Waals surface area contributed by atoms with Gasteiger partial charge in [0.25, 0.3) is 5.91 Å². The van der Waals surface area contributed by atoms with Crippen LogP contribution in [0.25, 0.3) is 0 Å². The summed E-state index contributed by atoms with van der Waals surface area (Å²) in [4.78, 5) is 12.1. The standard InChI is InChI=1S/C18H16FN3O/c1-13-6-8-14(9-7-13)18(23)21-16-10-20-22(12-16)11-15-4-2-3-5-17(15)19/h2-10,12H,11H2,1H3,(H,21,23). The van der Waals surface area contributed by atoms with Gasteiger partial charge in [0.05, 0.1) is 18.4 Å². The van der Waals surface area contributed by atoms with Gasteiger partial charge in [-0.3, -0.25) is 9.48 Å². The first-order chi connectivity index (χ1) is 11.1. The van der Waals surface area contributed by atoms with Crippen LogP contribution in [0.3, 0.4) is 0 Å². The average Bonchev–Trinajstić information content (AvgIpc) is 2.97. The Morgan fingerprint density at radius 2 is 1.91 bits per heavy atom. The van der Waals surface area contributed by atoms with Gasteiger partial charge in [-0.25, -0.2) is 4.39 Å². The molecule has 0 saturated carbocycles. The lowest BCUT2D eigenvalue weighted by molar-refractivity contribution is 0.102. The molecule has 0 radical (unpaired) electrons. The van der Waals surface area contributed by atoms with Crippen molar-refractivity contribution in [2.24, 2.45) is 0 Å². The topological polar surface area (TPSA) is 46.9 Å². The largest absolute Gasteiger partial charge is 0.319 e. The third-order valence-corrected chi connectivity index (χ3v) is 3.50. The number of rotatable bonds is 4. The molecule has 0 saturated heterocycles. The predicted octanol–water partition coefficient (Wildman–Crippen LogP) is 3.63. The summed E-state index contributed by atoms with van der Waals surface area (Å²) in [6.45, 7) is 2.28. The van der Waals surface area contributed by atoms with Crippen molar-refractivity contribution in [2.45, 2.75) is 13.5 Å². The van der Waals surface area contributed by atoms with E-state index in [9.17, 15) is 9.18 Å². The zero-order chi connectivity index (χ0) is 16.2. The SMILES string of the molecule is Cc1ccc(C(=O)Nc2cnn(Cc3ccccc3F)c2)cc1. The minimum absolute atomic E-state index is 0.199. The minimum atomic E-state index is -0.270. The van der Waals surface area contributed by atoms with Crippen LogP contribution in [0.15, 0.2) is 60.9 Å². The number of anilines is 1. The second kappa shape index (κ2) is 6.44. The molecule has 3 aromatic rings. The highest BCUT2D eigenvalue weighted by atomic mass is 19.1. The maximum atomic E-state index is 13.6. The fourth-order valence-electron chi connectivity index (χ4n) is 2.22. The Morgan fingerprint density at radius 1 is 1.17 bits per heavy atom. The molecule has 0 bridgehead atoms. The van der Waals surface area contributed by atoms with Crippen LogP contribution in [0, 0.1) is 12.7 Å². The molecule has 0 fully saturated rings. The zero-order valence-electron chi connectivity index (χ0n) is 12.7. The lowest BCUT2D eigenvalue weighted by Gasteiger charge is -2.04. The van der Waals surface area contributed by atoms with Crippen molar-refractivity contribution in [3.63, 3.8) is 0 Å². The number of carbonyl (C=O) groups is 1. The third kappa shape index (κ3) is 3.63. The second-order valence-corrected chi connectivity index (χ2v) is 5.34. The van der Waals surface area contributed by atoms with Crippen LogP contribution in [-0.2, 0) is 6.54 Å². The van der Waals surface area contributed by atoms with Crippen LogP contribution >= 0.6 is 0 Å². The predicted molar refractivity (Wildman–Crippen MR) is 86.9 cm³/mol. The van der Waals surface area contributed by atoms with Crippen LogP contribution in [-0.4, -0.2) is 15.7 Å². The Hall–Kier alpha value is -2.95. The fourth-order valence-corrected chi connectivity index (χ4v) is 2.22. The summed E-state index contributed by atoms with van der Waals surface area (Å²) in [7, 11) is 0. The van der Waals surface area contributed by atoms with Gasteiger partial charge in [-0.1, -0.05) is 35.9 Å². The summed E-state index contributed by atoms with van der Waals surface area (Å²) in [5, 5.41) is 6.93. The fraction of sp³-hybridized carbons (Fsp3) is 0.111. The first-order valence-corrected chi connectivity index (χ1v) is 7.26. The summed E-state index contributed by atoms with van der Waals surface area (Å²) in [6.07, 6.45) is 3.23. The molecule has 3 rings (SSSR count). The van der Waals surface area contributed by atoms with Crippen molar-refractivity contribution in [3.8, 4) is 0 Å². The third-order valence-electron chi connectivity index (χ3n) is 3.50. The molecule has 0 aliphatic heterocycles. The van der Waals surface area contributed by atoms with Gasteiger partial charge in [-0.2, -0.15) is 5.10 Å². The number of aryl methyl sites for hydroxylation is 1. The molecule has 1 N–H and O–H groups in total. The van der Waals surface area contributed by atoms with Gasteiger partial charge in [-0.05, 0) is 25.1 Å². The molecule has 1 heterocycles. The molecule has 1 aromatic heterocycles. The zero-order valence-corrected chi connectivity index (χ0v) is 12.7. The summed E-state index contributed by atoms with van der Waals surface area (Å²) in [6, 6.07) is 13.9. The monoisotopic (exact) mass is 309 g/mol. The van der Waals surface area contributed by atoms with E-state index in [4.69, 9.17) is 0 Å². The summed E-state index contributed by atoms with van der Waals surface area (Å²) in [5.74, 6) is -0.469. The smallest absolute Gasteiger partial charge is 0.255 e. The van der Waals surface area contributed by atoms with E-state index in [1.54, 1.807) is 47.4 Å². The van der Waals surface area contributed by atoms with E-state index in [0.717, 1.165) is 5.56 Å². The van der Waals surface area contributed by atoms with E-state index in [2.05, 4.69) is 10.4 Å². The number of hydrogen-bond donors (Lipinski definition) is 1. The highest BCUT2D eigenvalue weighted by Gasteiger charge is 2.08. The molecule has 116 valence electrons. The molecule has 23 heavy (non-hydrogen) atoms. The van der Waals surface area contributed by atoms with Gasteiger partial charge in [-0.15, -0.1) is 0 Å². The van der Waals surface area contributed by atoms with E-state index in [1.807, 2.05) is 19.1 Å². The van der Waals surface area contributed by atoms with Crippen molar-refractivity contribution in [3.05, 3.63) is 83.4 Å². The summed E-state index contributed by atoms with van der Waals surface area (Å²) in [5.41, 5.74) is 2.80. The quantitative estimate of drug-likeness (QED) is 0.800. The van der Waals surface area contributed by atoms with Gasteiger partial charge in [0.1, 0.15) is 5.82 Å². The molecular weight excluding hydrogens is 293 g/mol. The van der Waals surface area contributed by atoms with Gasteiger partial charge in [0, 0.05) is 17.3 Å². The summed E-state index contributed by atoms with van der Waals surface area (Å²) >= 11 is 0. The highest BCUT2D eigenvalue weighted by Crippen LogP contribution is 2.12. The van der Waals surface area contributed by atoms with Crippen molar-refractivity contribution >= 4 is 11.6 Å². The van der Waals surface area contributed by atoms with Crippen molar-refractivity contribution < 1.29 is 9.18 Å². The number of amides is 1. The molecule has 0 atom stereocenters. The number of hydrogen-bond acceptors (Lipinski definition) is 2. The van der Waals surface area contributed by atoms with Crippen molar-refractivity contribution in [1.29, 1.82) is 0 Å². The lowest BCUT2D eigenvalue weighted by atomic mass is 10.1. The van der Waals surface area contributed by atoms with E-state index in [0.29, 0.717) is 23.4 Å². The molecule has 0 spiro atoms. The Bertz CT molecular complexity index is 824. The second-order valence-electron chi connectivity index (χ2n) is 5.34. The Kier molecular flexibility index (Phi) is 4.19. The van der Waals surface area contributed by atoms with E-state index in [-0.39, 0.29) is 11.7 Å². The van der Waals surface area contributed by atoms with Crippen LogP contribution < -0.4 is 5.32 Å². The molecule has 1 amide bonds. The molecule has 5 heteroatoms. The van der Waals surface area contributed by atoms with E-state index in [1.165, 1.54) is 6.07 Å². The number of aromatic nitrogens is 2. The van der Waals surface area contributed by atoms with Crippen LogP contribution in [0.4, 0.5) is 10.1 Å². The maximum Gasteiger partial charge on any atom is 0.255 e. The number of carbonyl (C=O) groups excluding carboxylic acids is 1. The van der Waals surface area contributed by atoms with Gasteiger partial charge < -0.3 is 5.32 Å². The van der Waals surface area contributed by atoms with E-state index >= 15 is 0 Å². The van der Waals surface area contributed by atoms with Crippen molar-refractivity contribution in [1.82, 2.24) is 9.78 Å². The maximum absolute atomic E-state index is 13.6. The summed E-state index contributed by atoms with van der Waals surface area (Å²) < 4.78 is 15.2. The lowest BCUT2D eigenvalue weighted by Crippen LogP contribution is -2.11. The Balaban J connectivity index is 1.68. The number of halogens is 1. The molecule has 0 aliphatic carbocycles. The van der Waals surface area contributed by atoms with E-state index < -0.39 is 0 Å². The minimum Gasteiger partial charge on any atom is -0.319 e. The first-order valence-electron chi connectivity index (χ1n) is 7.26. The number of benzene rings is 2. The van der Waals surface area contributed by atoms with Gasteiger partial charge in [0.15, 0.2) is 0 Å². The average molecular weight is 309 g/mol. The molecule has 0 unspecified atom stereocenters. The van der Waals surface area contributed by atoms with Gasteiger partial charge >= 0.3 is 0 Å². The molecule has 0 aliphatic rings. The van der Waals surface area contributed by atoms with Crippen LogP contribution in [0.1, 0.15) is 21.5 Å². The first kappa shape index (κ1) is 15.0. The van der Waals surface area contributed by atoms with Crippen molar-refractivity contribution in [2.75, 3.05) is 5.32 Å². The number of nitrogens with one attached hydrogen (secondary N) is 1. The Morgan fingerprint density at radius 3 is 2.65 bits per heavy atom. The molecule has 2 aromatic carbocycles. The Labute approximate surface area is 133 Å². The van der Waals surface area contributed by atoms with Crippen LogP contribution in [0.2, 0.25) is 0 Å². The normalized spacial score (nSPS) is 10.5. The van der Waals surface area contributed by atoms with Gasteiger partial charge in [0.2, 0.25) is 0 Å².